The third-order valence-corrected chi connectivity index (χ3v) is 15.2. The number of primary amides is 3. The van der Waals surface area contributed by atoms with Crippen molar-refractivity contribution in [3.05, 3.63) is 95.6 Å². The van der Waals surface area contributed by atoms with Crippen LogP contribution in [0.2, 0.25) is 0 Å². The third-order valence-electron chi connectivity index (χ3n) is 15.2. The van der Waals surface area contributed by atoms with Crippen molar-refractivity contribution in [2.24, 2.45) is 52.4 Å². The van der Waals surface area contributed by atoms with E-state index in [-0.39, 0.29) is 28.6 Å². The van der Waals surface area contributed by atoms with E-state index in [1.54, 1.807) is 124 Å². The number of amides is 3. The Morgan fingerprint density at radius 1 is 0.505 bits per heavy atom. The molecule has 91 heavy (non-hydrogen) atoms. The van der Waals surface area contributed by atoms with E-state index in [1.165, 1.54) is 0 Å². The number of imidazole rings is 3. The maximum Gasteiger partial charge on any atom is 0.267 e. The summed E-state index contributed by atoms with van der Waals surface area (Å²) in [6, 6.07) is 6.90. The van der Waals surface area contributed by atoms with Gasteiger partial charge in [-0.15, -0.1) is 0 Å². The molecule has 8 N–H and O–H groups in total. The number of nitrogens with zero attached hydrogens (tertiary/aromatic N) is 21. The second kappa shape index (κ2) is 26.0. The van der Waals surface area contributed by atoms with Gasteiger partial charge in [0.1, 0.15) is 74.0 Å². The summed E-state index contributed by atoms with van der Waals surface area (Å²) in [5.41, 5.74) is 26.6. The van der Waals surface area contributed by atoms with Crippen molar-refractivity contribution in [1.82, 2.24) is 102 Å². The van der Waals surface area contributed by atoms with Crippen LogP contribution in [0.25, 0.3) is 101 Å². The molecule has 12 aromatic rings. The number of carbonyl (C=O) groups excluding carboxylic acids is 3. The Balaban J connectivity index is 0.000000150. The minimum atomic E-state index is -0.636. The summed E-state index contributed by atoms with van der Waals surface area (Å²) in [7, 11) is 12.4. The fraction of sp³-hybridized carbons (Fsp3) is 0.350. The van der Waals surface area contributed by atoms with Crippen LogP contribution in [-0.4, -0.2) is 158 Å². The highest BCUT2D eigenvalue weighted by molar-refractivity contribution is 6.01. The molecule has 0 aliphatic rings. The molecule has 0 atom stereocenters. The number of ether oxygens (including phenoxy) is 2. The molecule has 0 aromatic carbocycles. The van der Waals surface area contributed by atoms with E-state index < -0.39 is 17.7 Å². The van der Waals surface area contributed by atoms with Gasteiger partial charge in [0.15, 0.2) is 29.0 Å². The van der Waals surface area contributed by atoms with Crippen LogP contribution in [0.3, 0.4) is 0 Å². The minimum Gasteiger partial charge on any atom is -0.504 e. The molecule has 474 valence electrons. The van der Waals surface area contributed by atoms with Gasteiger partial charge in [-0.1, -0.05) is 6.92 Å². The van der Waals surface area contributed by atoms with Gasteiger partial charge in [-0.25, -0.2) is 29.9 Å². The SMILES string of the molecule is CCCn1nc(C)c(O)c1-c1cn(C)c(-c2nc(C(N)=O)cc3c2cnn3C)n1.CCn1cc(-c2cc(C)nn2CCCOC)nc1-c1nc(C(N)=O)cc2c1cnn2C.COCCCn1nc(C)c(O)c1-c1cn(C)c(-c2nc(C(N)=O)cc3c2cnn3C)n1. The zero-order chi connectivity index (χ0) is 65.3. The lowest BCUT2D eigenvalue weighted by atomic mass is 10.2. The molecule has 0 fully saturated rings. The molecule has 0 aliphatic heterocycles. The topological polar surface area (TPSA) is 387 Å². The molecule has 12 rings (SSSR count). The third kappa shape index (κ3) is 12.3. The monoisotopic (exact) mass is 1240 g/mol. The van der Waals surface area contributed by atoms with Crippen molar-refractivity contribution >= 4 is 50.4 Å². The predicted molar refractivity (Wildman–Crippen MR) is 337 cm³/mol. The molecule has 12 aromatic heterocycles. The van der Waals surface area contributed by atoms with Crippen molar-refractivity contribution in [1.29, 1.82) is 0 Å². The van der Waals surface area contributed by atoms with E-state index in [0.29, 0.717) is 107 Å². The van der Waals surface area contributed by atoms with Gasteiger partial charge < -0.3 is 50.6 Å². The predicted octanol–water partition coefficient (Wildman–Crippen LogP) is 5.30. The van der Waals surface area contributed by atoms with Crippen LogP contribution in [-0.2, 0) is 70.9 Å². The fourth-order valence-corrected chi connectivity index (χ4v) is 10.7. The normalized spacial score (nSPS) is 11.5. The lowest BCUT2D eigenvalue weighted by molar-refractivity contribution is 0.0987. The van der Waals surface area contributed by atoms with Crippen molar-refractivity contribution in [2.75, 3.05) is 27.4 Å². The first kappa shape index (κ1) is 63.1. The first-order valence-corrected chi connectivity index (χ1v) is 29.1. The summed E-state index contributed by atoms with van der Waals surface area (Å²) in [5.74, 6) is 0.0226. The molecule has 0 saturated carbocycles. The van der Waals surface area contributed by atoms with Crippen LogP contribution >= 0.6 is 0 Å². The van der Waals surface area contributed by atoms with E-state index in [2.05, 4.69) is 45.5 Å². The van der Waals surface area contributed by atoms with E-state index in [9.17, 15) is 24.6 Å². The highest BCUT2D eigenvalue weighted by atomic mass is 16.5. The van der Waals surface area contributed by atoms with Crippen LogP contribution in [0.1, 0.15) is 81.7 Å². The van der Waals surface area contributed by atoms with Crippen molar-refractivity contribution < 1.29 is 34.1 Å². The Bertz CT molecular complexity index is 4710. The molecule has 0 spiro atoms. The summed E-state index contributed by atoms with van der Waals surface area (Å²) in [6.07, 6.45) is 13.1. The zero-order valence-electron chi connectivity index (χ0n) is 52.7. The van der Waals surface area contributed by atoms with E-state index in [1.807, 2.05) is 63.4 Å². The Morgan fingerprint density at radius 3 is 1.30 bits per heavy atom. The molecular formula is C60H72N24O7. The standard InChI is InChI=1S/C21H26N8O2.C20H24N8O3.C19H22N8O2/c1-5-28-12-16(18-9-13(2)26-29(18)7-6-8-31-4)25-21(28)19-14-11-23-27(3)17(14)10-15(24-19)20(22)30;1-11-18(29)17(28(25-11)6-5-7-31-4)14-10-26(2)20(24-14)16-12-9-22-27(3)15(12)8-13(23-16)19(21)30;1-5-6-27-16(17(28)10(2)24-27)13-9-25(3)19(23-13)15-11-8-21-26(4)14(11)7-12(22-15)18(20)29/h9-12H,5-8H2,1-4H3,(H2,22,30);8-10,29H,5-7H2,1-4H3,(H2,21,30);7-9,28H,5-6H2,1-4H3,(H2,20,29). The number of aryl methyl sites for hydroxylation is 12. The van der Waals surface area contributed by atoms with Crippen LogP contribution in [0.4, 0.5) is 0 Å². The van der Waals surface area contributed by atoms with Crippen LogP contribution in [0.15, 0.2) is 61.4 Å². The number of hydrogen-bond donors (Lipinski definition) is 5. The van der Waals surface area contributed by atoms with Crippen molar-refractivity contribution in [3.8, 4) is 80.2 Å². The number of pyridine rings is 3. The van der Waals surface area contributed by atoms with Gasteiger partial charge in [0.2, 0.25) is 0 Å². The largest absolute Gasteiger partial charge is 0.504 e. The quantitative estimate of drug-likeness (QED) is 0.0605. The number of nitrogens with two attached hydrogens (primary N) is 3. The molecule has 31 nitrogen and oxygen atoms in total. The molecule has 0 unspecified atom stereocenters. The van der Waals surface area contributed by atoms with Gasteiger partial charge in [0.25, 0.3) is 17.7 Å². The Hall–Kier alpha value is -11.0. The second-order valence-corrected chi connectivity index (χ2v) is 21.7. The Morgan fingerprint density at radius 2 is 0.901 bits per heavy atom. The highest BCUT2D eigenvalue weighted by Crippen LogP contribution is 2.37. The maximum absolute atomic E-state index is 11.9. The lowest BCUT2D eigenvalue weighted by Crippen LogP contribution is -2.14. The Kier molecular flexibility index (Phi) is 18.0. The zero-order valence-corrected chi connectivity index (χ0v) is 52.7. The van der Waals surface area contributed by atoms with Gasteiger partial charge in [0.05, 0.1) is 46.5 Å². The van der Waals surface area contributed by atoms with Gasteiger partial charge >= 0.3 is 0 Å². The van der Waals surface area contributed by atoms with Crippen LogP contribution in [0.5, 0.6) is 11.5 Å². The fourth-order valence-electron chi connectivity index (χ4n) is 10.7. The number of aromatic nitrogens is 21. The number of hydrogen-bond acceptors (Lipinski definition) is 19. The summed E-state index contributed by atoms with van der Waals surface area (Å²) in [4.78, 5) is 63.3. The van der Waals surface area contributed by atoms with Crippen molar-refractivity contribution in [3.63, 3.8) is 0 Å². The second-order valence-electron chi connectivity index (χ2n) is 21.7. The minimum absolute atomic E-state index is 0.0763. The smallest absolute Gasteiger partial charge is 0.267 e. The molecule has 0 radical (unpaired) electrons. The van der Waals surface area contributed by atoms with E-state index in [4.69, 9.17) is 41.6 Å². The first-order chi connectivity index (χ1) is 43.5. The summed E-state index contributed by atoms with van der Waals surface area (Å²) in [5, 5.41) is 49.8. The summed E-state index contributed by atoms with van der Waals surface area (Å²) in [6.45, 7) is 13.4. The highest BCUT2D eigenvalue weighted by Gasteiger charge is 2.27. The van der Waals surface area contributed by atoms with Crippen LogP contribution < -0.4 is 17.2 Å². The molecule has 0 saturated heterocycles. The molecule has 31 heteroatoms. The average molecular weight is 1240 g/mol. The summed E-state index contributed by atoms with van der Waals surface area (Å²) >= 11 is 0. The van der Waals surface area contributed by atoms with Crippen molar-refractivity contribution in [2.45, 2.75) is 80.1 Å². The van der Waals surface area contributed by atoms with Crippen LogP contribution in [0, 0.1) is 20.8 Å². The number of methoxy groups -OCH3 is 2. The van der Waals surface area contributed by atoms with Gasteiger partial charge in [0, 0.05) is 124 Å². The number of rotatable bonds is 20. The lowest BCUT2D eigenvalue weighted by Gasteiger charge is -2.07. The molecule has 3 amide bonds. The van der Waals surface area contributed by atoms with Gasteiger partial charge in [-0.3, -0.25) is 42.5 Å². The first-order valence-electron chi connectivity index (χ1n) is 29.1. The van der Waals surface area contributed by atoms with E-state index in [0.717, 1.165) is 70.1 Å². The molecular weight excluding hydrogens is 1170 g/mol. The maximum atomic E-state index is 11.9. The number of carbonyl (C=O) groups is 3. The molecule has 12 heterocycles. The van der Waals surface area contributed by atoms with E-state index >= 15 is 0 Å². The number of fused-ring (bicyclic) bond motifs is 3. The van der Waals surface area contributed by atoms with Gasteiger partial charge in [-0.2, -0.15) is 30.6 Å². The molecule has 0 bridgehead atoms. The average Bonchev–Trinajstić information content (AvgIpc) is 1.68. The summed E-state index contributed by atoms with van der Waals surface area (Å²) < 4.78 is 26.3. The number of aromatic hydroxyl groups is 2. The van der Waals surface area contributed by atoms with Gasteiger partial charge in [-0.05, 0) is 71.2 Å². The Labute approximate surface area is 520 Å². The molecule has 0 aliphatic carbocycles.